The molecule has 318 valence electrons. The molecule has 1 saturated heterocycles. The number of aliphatic hydroxyl groups excluding tert-OH is 1. The number of nitrogens with zero attached hydrogens (tertiary/aromatic N) is 4. The first-order valence-electron chi connectivity index (χ1n) is 19.2. The van der Waals surface area contributed by atoms with Gasteiger partial charge in [0.05, 0.1) is 40.0 Å². The van der Waals surface area contributed by atoms with Crippen molar-refractivity contribution in [3.63, 3.8) is 0 Å². The number of carbonyl (C=O) groups is 4. The van der Waals surface area contributed by atoms with Gasteiger partial charge in [-0.15, -0.1) is 11.3 Å². The number of hydrogen-bond acceptors (Lipinski definition) is 11. The summed E-state index contributed by atoms with van der Waals surface area (Å²) < 4.78 is 34.8. The van der Waals surface area contributed by atoms with E-state index in [-0.39, 0.29) is 41.4 Å². The van der Waals surface area contributed by atoms with Gasteiger partial charge in [0.2, 0.25) is 21.8 Å². The molecule has 5 N–H and O–H groups in total. The van der Waals surface area contributed by atoms with Crippen molar-refractivity contribution in [3.05, 3.63) is 70.2 Å². The number of benzene rings is 2. The lowest BCUT2D eigenvalue weighted by molar-refractivity contribution is -0.128. The summed E-state index contributed by atoms with van der Waals surface area (Å²) in [5, 5.41) is 32.9. The quantitative estimate of drug-likeness (QED) is 0.115. The van der Waals surface area contributed by atoms with Crippen molar-refractivity contribution >= 4 is 51.0 Å². The molecule has 2 heterocycles. The summed E-state index contributed by atoms with van der Waals surface area (Å²) in [5.41, 5.74) is 0.552. The summed E-state index contributed by atoms with van der Waals surface area (Å²) in [6, 6.07) is 10.4. The average molecular weight is 844 g/mol. The summed E-state index contributed by atoms with van der Waals surface area (Å²) in [6.45, 7) is 14.3. The van der Waals surface area contributed by atoms with E-state index in [1.165, 1.54) is 22.3 Å². The van der Waals surface area contributed by atoms with Crippen LogP contribution in [0.25, 0.3) is 0 Å². The smallest absolute Gasteiger partial charge is 0.408 e. The molecule has 0 radical (unpaired) electrons. The zero-order valence-corrected chi connectivity index (χ0v) is 36.0. The van der Waals surface area contributed by atoms with Crippen LogP contribution in [0.3, 0.4) is 0 Å². The third-order valence-electron chi connectivity index (χ3n) is 9.10. The summed E-state index contributed by atoms with van der Waals surface area (Å²) in [5.74, 6) is -2.13. The van der Waals surface area contributed by atoms with Crippen LogP contribution in [-0.2, 0) is 37.3 Å². The molecule has 18 heteroatoms. The van der Waals surface area contributed by atoms with Crippen molar-refractivity contribution < 1.29 is 42.5 Å². The molecule has 1 aromatic heterocycles. The Morgan fingerprint density at radius 1 is 1.03 bits per heavy atom. The molecule has 0 unspecified atom stereocenters. The van der Waals surface area contributed by atoms with Crippen LogP contribution in [0.2, 0.25) is 0 Å². The molecular weight excluding hydrogens is 787 g/mol. The van der Waals surface area contributed by atoms with Gasteiger partial charge in [0, 0.05) is 31.6 Å². The van der Waals surface area contributed by atoms with Gasteiger partial charge < -0.3 is 40.7 Å². The molecule has 5 amide bonds. The van der Waals surface area contributed by atoms with E-state index >= 15 is 0 Å². The largest absolute Gasteiger partial charge is 0.506 e. The Bertz CT molecular complexity index is 2000. The highest BCUT2D eigenvalue weighted by Crippen LogP contribution is 2.29. The maximum atomic E-state index is 14.3. The first-order chi connectivity index (χ1) is 27.1. The van der Waals surface area contributed by atoms with Gasteiger partial charge in [0.15, 0.2) is 0 Å². The number of nitrogens with one attached hydrogen (secondary N) is 3. The number of anilines is 1. The third-order valence-corrected chi connectivity index (χ3v) is 11.8. The van der Waals surface area contributed by atoms with Crippen LogP contribution < -0.4 is 16.0 Å². The Morgan fingerprint density at radius 3 is 2.33 bits per heavy atom. The molecule has 2 aromatic carbocycles. The minimum atomic E-state index is -4.38. The fourth-order valence-corrected chi connectivity index (χ4v) is 8.76. The molecule has 16 nitrogen and oxygen atoms in total. The van der Waals surface area contributed by atoms with Gasteiger partial charge in [-0.05, 0) is 69.7 Å². The van der Waals surface area contributed by atoms with Crippen LogP contribution in [0, 0.1) is 18.8 Å². The number of aromatic nitrogens is 1. The molecular formula is C40H57N7O9S2. The second kappa shape index (κ2) is 19.8. The van der Waals surface area contributed by atoms with Crippen LogP contribution in [-0.4, -0.2) is 118 Å². The van der Waals surface area contributed by atoms with Crippen LogP contribution in [0.15, 0.2) is 58.8 Å². The number of rotatable bonds is 18. The minimum Gasteiger partial charge on any atom is -0.506 e. The summed E-state index contributed by atoms with van der Waals surface area (Å²) in [4.78, 5) is 59.9. The molecule has 3 aromatic rings. The zero-order valence-electron chi connectivity index (χ0n) is 34.4. The minimum absolute atomic E-state index is 0.0149. The Labute approximate surface area is 345 Å². The van der Waals surface area contributed by atoms with Gasteiger partial charge in [-0.3, -0.25) is 9.59 Å². The maximum absolute atomic E-state index is 14.3. The van der Waals surface area contributed by atoms with E-state index in [0.29, 0.717) is 19.6 Å². The number of ether oxygens (including phenoxy) is 1. The van der Waals surface area contributed by atoms with Crippen LogP contribution in [0.1, 0.15) is 64.7 Å². The van der Waals surface area contributed by atoms with Crippen LogP contribution >= 0.6 is 11.3 Å². The molecule has 4 rings (SSSR count). The predicted molar refractivity (Wildman–Crippen MR) is 221 cm³/mol. The lowest BCUT2D eigenvalue weighted by Gasteiger charge is -2.34. The van der Waals surface area contributed by atoms with Gasteiger partial charge in [-0.1, -0.05) is 58.0 Å². The first-order valence-corrected chi connectivity index (χ1v) is 21.5. The molecule has 1 aliphatic heterocycles. The molecule has 0 aliphatic carbocycles. The Kier molecular flexibility index (Phi) is 15.7. The normalized spacial score (nSPS) is 15.1. The lowest BCUT2D eigenvalue weighted by Crippen LogP contribution is -2.57. The van der Waals surface area contributed by atoms with Crippen molar-refractivity contribution in [2.45, 2.75) is 97.0 Å². The van der Waals surface area contributed by atoms with E-state index in [1.807, 2.05) is 70.3 Å². The van der Waals surface area contributed by atoms with Gasteiger partial charge >= 0.3 is 12.1 Å². The van der Waals surface area contributed by atoms with Gasteiger partial charge in [0.25, 0.3) is 0 Å². The van der Waals surface area contributed by atoms with Crippen molar-refractivity contribution in [2.24, 2.45) is 11.8 Å². The van der Waals surface area contributed by atoms with E-state index in [0.717, 1.165) is 32.7 Å². The van der Waals surface area contributed by atoms with Gasteiger partial charge in [0.1, 0.15) is 23.9 Å². The van der Waals surface area contributed by atoms with E-state index < -0.39 is 70.6 Å². The fraction of sp³-hybridized carbons (Fsp3) is 0.525. The number of urea groups is 1. The first kappa shape index (κ1) is 45.9. The lowest BCUT2D eigenvalue weighted by atomic mass is 9.97. The SMILES string of the molecule is Cc1nc(CN2CCN([C@H](C(=O)N[C@@H](Cc3ccccc3)[C@H](O)CN(CC(C)C)S(=O)(=O)c3ccc(O)c(NC(=O)CNC(=O)OC(C)(C)C)c3)C(C)C)C2=O)cs1. The molecule has 0 bridgehead atoms. The highest BCUT2D eigenvalue weighted by atomic mass is 32.2. The fourth-order valence-electron chi connectivity index (χ4n) is 6.51. The third kappa shape index (κ3) is 12.9. The molecule has 1 fully saturated rings. The molecule has 0 spiro atoms. The second-order valence-corrected chi connectivity index (χ2v) is 19.1. The van der Waals surface area contributed by atoms with Crippen molar-refractivity contribution in [2.75, 3.05) is 38.0 Å². The Morgan fingerprint density at radius 2 is 1.72 bits per heavy atom. The summed E-state index contributed by atoms with van der Waals surface area (Å²) in [6.07, 6.45) is -2.09. The Balaban J connectivity index is 1.55. The number of sulfonamides is 1. The van der Waals surface area contributed by atoms with Crippen LogP contribution in [0.5, 0.6) is 5.75 Å². The number of hydrogen-bond donors (Lipinski definition) is 5. The summed E-state index contributed by atoms with van der Waals surface area (Å²) in [7, 11) is -4.38. The number of alkyl carbamates (subject to hydrolysis) is 1. The number of phenolic OH excluding ortho intramolecular Hbond substituents is 1. The summed E-state index contributed by atoms with van der Waals surface area (Å²) >= 11 is 1.50. The Hall–Kier alpha value is -4.78. The number of phenols is 1. The van der Waals surface area contributed by atoms with Crippen molar-refractivity contribution in [1.29, 1.82) is 0 Å². The number of amides is 5. The second-order valence-electron chi connectivity index (χ2n) is 16.1. The number of aryl methyl sites for hydroxylation is 1. The van der Waals surface area contributed by atoms with E-state index in [9.17, 15) is 37.8 Å². The average Bonchev–Trinajstić information content (AvgIpc) is 3.70. The number of carbonyl (C=O) groups excluding carboxylic acids is 4. The molecule has 58 heavy (non-hydrogen) atoms. The van der Waals surface area contributed by atoms with Gasteiger partial charge in [-0.2, -0.15) is 4.31 Å². The molecule has 1 aliphatic rings. The number of aromatic hydroxyl groups is 1. The number of thiazole rings is 1. The van der Waals surface area contributed by atoms with E-state index in [1.54, 1.807) is 25.7 Å². The monoisotopic (exact) mass is 843 g/mol. The van der Waals surface area contributed by atoms with Crippen molar-refractivity contribution in [1.82, 2.24) is 29.7 Å². The topological polar surface area (TPSA) is 211 Å². The molecule has 3 atom stereocenters. The van der Waals surface area contributed by atoms with E-state index in [4.69, 9.17) is 4.74 Å². The highest BCUT2D eigenvalue weighted by Gasteiger charge is 2.41. The van der Waals surface area contributed by atoms with Gasteiger partial charge in [-0.25, -0.2) is 23.0 Å². The van der Waals surface area contributed by atoms with Crippen molar-refractivity contribution in [3.8, 4) is 5.75 Å². The highest BCUT2D eigenvalue weighted by molar-refractivity contribution is 7.89. The number of aliphatic hydroxyl groups is 1. The zero-order chi connectivity index (χ0) is 42.9. The maximum Gasteiger partial charge on any atom is 0.408 e. The van der Waals surface area contributed by atoms with E-state index in [2.05, 4.69) is 20.9 Å². The standard InChI is InChI=1S/C40H57N7O9S2/c1-25(2)21-46(58(54,55)30-14-15-33(48)32(19-30)43-35(50)20-41-38(52)56-40(6,7)8)23-34(49)31(18-28-12-10-9-11-13-28)44-37(51)36(26(3)4)47-17-16-45(39(47)53)22-29-24-57-27(5)42-29/h9-15,19,24-26,31,34,36,48-49H,16-18,20-23H2,1-8H3,(H,41,52)(H,43,50)(H,44,51)/t31-,34+,36-/m0/s1. The van der Waals surface area contributed by atoms with Crippen LogP contribution in [0.4, 0.5) is 15.3 Å². The predicted octanol–water partition coefficient (Wildman–Crippen LogP) is 4.32. The molecule has 0 saturated carbocycles.